The summed E-state index contributed by atoms with van der Waals surface area (Å²) >= 11 is 6.96. The van der Waals surface area contributed by atoms with E-state index in [1.54, 1.807) is 55.5 Å². The lowest BCUT2D eigenvalue weighted by atomic mass is 10.2. The third kappa shape index (κ3) is 3.96. The van der Waals surface area contributed by atoms with Crippen LogP contribution in [-0.4, -0.2) is 21.2 Å². The number of nitrogens with one attached hydrogen (secondary N) is 2. The Balaban J connectivity index is 1.81. The van der Waals surface area contributed by atoms with Gasteiger partial charge in [-0.25, -0.2) is 9.38 Å². The minimum absolute atomic E-state index is 0.0774. The average Bonchev–Trinajstić information content (AvgIpc) is 3.09. The SMILES string of the molecule is Cc1cc(=O)n2c(C(=O)Nc3cccc(Cl)c3)c(C(=O)Nc3ccccc3)sc2n1. The van der Waals surface area contributed by atoms with Crippen molar-refractivity contribution < 1.29 is 9.59 Å². The van der Waals surface area contributed by atoms with Crippen LogP contribution < -0.4 is 16.2 Å². The zero-order valence-electron chi connectivity index (χ0n) is 15.7. The Bertz CT molecular complexity index is 1330. The first-order chi connectivity index (χ1) is 14.4. The zero-order valence-corrected chi connectivity index (χ0v) is 17.3. The lowest BCUT2D eigenvalue weighted by Crippen LogP contribution is -2.25. The van der Waals surface area contributed by atoms with Gasteiger partial charge in [0, 0.05) is 28.2 Å². The molecule has 0 aliphatic carbocycles. The fourth-order valence-corrected chi connectivity index (χ4v) is 4.17. The molecule has 2 amide bonds. The summed E-state index contributed by atoms with van der Waals surface area (Å²) in [5.74, 6) is -1.13. The van der Waals surface area contributed by atoms with E-state index in [0.717, 1.165) is 15.7 Å². The molecular formula is C21H15ClN4O3S. The van der Waals surface area contributed by atoms with Crippen molar-refractivity contribution >= 4 is 51.1 Å². The number of aromatic nitrogens is 2. The van der Waals surface area contributed by atoms with Crippen LogP contribution in [0.5, 0.6) is 0 Å². The van der Waals surface area contributed by atoms with Gasteiger partial charge in [0.1, 0.15) is 10.6 Å². The maximum Gasteiger partial charge on any atom is 0.274 e. The van der Waals surface area contributed by atoms with Gasteiger partial charge in [0.25, 0.3) is 17.4 Å². The van der Waals surface area contributed by atoms with Crippen LogP contribution in [0.25, 0.3) is 4.96 Å². The Morgan fingerprint density at radius 3 is 2.40 bits per heavy atom. The Labute approximate surface area is 180 Å². The van der Waals surface area contributed by atoms with E-state index in [0.29, 0.717) is 22.1 Å². The van der Waals surface area contributed by atoms with Crippen LogP contribution in [0, 0.1) is 6.92 Å². The molecule has 9 heteroatoms. The molecule has 0 saturated carbocycles. The van der Waals surface area contributed by atoms with E-state index in [4.69, 9.17) is 11.6 Å². The molecule has 2 aromatic heterocycles. The van der Waals surface area contributed by atoms with Gasteiger partial charge in [-0.2, -0.15) is 0 Å². The second-order valence-corrected chi connectivity index (χ2v) is 7.83. The first-order valence-electron chi connectivity index (χ1n) is 8.89. The van der Waals surface area contributed by atoms with Crippen molar-refractivity contribution in [3.8, 4) is 0 Å². The average molecular weight is 439 g/mol. The number of hydrogen-bond donors (Lipinski definition) is 2. The summed E-state index contributed by atoms with van der Waals surface area (Å²) in [5, 5.41) is 5.89. The van der Waals surface area contributed by atoms with Crippen LogP contribution in [0.2, 0.25) is 5.02 Å². The molecule has 2 aromatic carbocycles. The molecule has 0 aliphatic rings. The number of para-hydroxylation sites is 1. The second kappa shape index (κ2) is 8.10. The maximum atomic E-state index is 13.1. The Morgan fingerprint density at radius 1 is 0.967 bits per heavy atom. The van der Waals surface area contributed by atoms with Gasteiger partial charge in [-0.15, -0.1) is 0 Å². The number of amides is 2. The topological polar surface area (TPSA) is 92.6 Å². The van der Waals surface area contributed by atoms with Gasteiger partial charge in [0.15, 0.2) is 4.96 Å². The molecular weight excluding hydrogens is 424 g/mol. The highest BCUT2D eigenvalue weighted by atomic mass is 35.5. The van der Waals surface area contributed by atoms with E-state index in [1.807, 2.05) is 6.07 Å². The van der Waals surface area contributed by atoms with E-state index >= 15 is 0 Å². The summed E-state index contributed by atoms with van der Waals surface area (Å²) in [6, 6.07) is 16.7. The van der Waals surface area contributed by atoms with Gasteiger partial charge in [-0.3, -0.25) is 14.4 Å². The van der Waals surface area contributed by atoms with Gasteiger partial charge in [-0.05, 0) is 37.3 Å². The lowest BCUT2D eigenvalue weighted by Gasteiger charge is -2.08. The number of benzene rings is 2. The van der Waals surface area contributed by atoms with E-state index in [9.17, 15) is 14.4 Å². The van der Waals surface area contributed by atoms with E-state index in [1.165, 1.54) is 6.07 Å². The van der Waals surface area contributed by atoms with Gasteiger partial charge < -0.3 is 10.6 Å². The lowest BCUT2D eigenvalue weighted by molar-refractivity contribution is 0.0989. The quantitative estimate of drug-likeness (QED) is 0.499. The summed E-state index contributed by atoms with van der Waals surface area (Å²) in [6.45, 7) is 1.68. The molecule has 0 radical (unpaired) electrons. The monoisotopic (exact) mass is 438 g/mol. The molecule has 0 spiro atoms. The highest BCUT2D eigenvalue weighted by molar-refractivity contribution is 7.19. The normalized spacial score (nSPS) is 10.7. The second-order valence-electron chi connectivity index (χ2n) is 6.42. The van der Waals surface area contributed by atoms with Gasteiger partial charge in [-0.1, -0.05) is 47.2 Å². The van der Waals surface area contributed by atoms with Crippen LogP contribution >= 0.6 is 22.9 Å². The Kier molecular flexibility index (Phi) is 5.35. The molecule has 30 heavy (non-hydrogen) atoms. The standard InChI is InChI=1S/C21H15ClN4O3S/c1-12-10-16(27)26-17(19(28)25-15-9-5-6-13(22)11-15)18(30-21(26)23-12)20(29)24-14-7-3-2-4-8-14/h2-11H,1H3,(H,24,29)(H,25,28). The largest absolute Gasteiger partial charge is 0.321 e. The smallest absolute Gasteiger partial charge is 0.274 e. The molecule has 2 N–H and O–H groups in total. The molecule has 4 aromatic rings. The number of hydrogen-bond acceptors (Lipinski definition) is 5. The predicted molar refractivity (Wildman–Crippen MR) is 118 cm³/mol. The summed E-state index contributed by atoms with van der Waals surface area (Å²) in [6.07, 6.45) is 0. The molecule has 0 aliphatic heterocycles. The van der Waals surface area contributed by atoms with E-state index in [-0.39, 0.29) is 15.5 Å². The third-order valence-electron chi connectivity index (χ3n) is 4.18. The van der Waals surface area contributed by atoms with E-state index < -0.39 is 17.4 Å². The number of thiazole rings is 1. The Hall–Kier alpha value is -3.49. The minimum atomic E-state index is -0.616. The first kappa shape index (κ1) is 19.8. The van der Waals surface area contributed by atoms with Crippen molar-refractivity contribution in [2.45, 2.75) is 6.92 Å². The van der Waals surface area contributed by atoms with Crippen molar-refractivity contribution in [3.05, 3.63) is 92.3 Å². The van der Waals surface area contributed by atoms with Gasteiger partial charge in [0.2, 0.25) is 0 Å². The fourth-order valence-electron chi connectivity index (χ4n) is 2.91. The zero-order chi connectivity index (χ0) is 21.3. The molecule has 0 unspecified atom stereocenters. The van der Waals surface area contributed by atoms with E-state index in [2.05, 4.69) is 15.6 Å². The number of carbonyl (C=O) groups is 2. The van der Waals surface area contributed by atoms with Gasteiger partial charge in [0.05, 0.1) is 0 Å². The van der Waals surface area contributed by atoms with Crippen LogP contribution in [0.1, 0.15) is 25.9 Å². The van der Waals surface area contributed by atoms with Crippen molar-refractivity contribution in [1.29, 1.82) is 0 Å². The van der Waals surface area contributed by atoms with Crippen molar-refractivity contribution in [2.24, 2.45) is 0 Å². The number of anilines is 2. The number of carbonyl (C=O) groups excluding carboxylic acids is 2. The summed E-state index contributed by atoms with van der Waals surface area (Å²) in [5.41, 5.74) is 0.981. The van der Waals surface area contributed by atoms with Crippen molar-refractivity contribution in [1.82, 2.24) is 9.38 Å². The summed E-state index contributed by atoms with van der Waals surface area (Å²) in [7, 11) is 0. The van der Waals surface area contributed by atoms with Crippen LogP contribution in [0.3, 0.4) is 0 Å². The highest BCUT2D eigenvalue weighted by Gasteiger charge is 2.26. The molecule has 4 rings (SSSR count). The predicted octanol–water partition coefficient (Wildman–Crippen LogP) is 4.22. The number of nitrogens with zero attached hydrogens (tertiary/aromatic N) is 2. The number of aryl methyl sites for hydroxylation is 1. The molecule has 7 nitrogen and oxygen atoms in total. The first-order valence-corrected chi connectivity index (χ1v) is 10.1. The minimum Gasteiger partial charge on any atom is -0.321 e. The molecule has 0 atom stereocenters. The number of fused-ring (bicyclic) bond motifs is 1. The van der Waals surface area contributed by atoms with Crippen molar-refractivity contribution in [3.63, 3.8) is 0 Å². The molecule has 0 bridgehead atoms. The fraction of sp³-hybridized carbons (Fsp3) is 0.0476. The Morgan fingerprint density at radius 2 is 1.67 bits per heavy atom. The number of halogens is 1. The highest BCUT2D eigenvalue weighted by Crippen LogP contribution is 2.24. The molecule has 150 valence electrons. The molecule has 0 saturated heterocycles. The summed E-state index contributed by atoms with van der Waals surface area (Å²) in [4.78, 5) is 43.3. The van der Waals surface area contributed by atoms with Crippen LogP contribution in [0.4, 0.5) is 11.4 Å². The maximum absolute atomic E-state index is 13.1. The number of rotatable bonds is 4. The summed E-state index contributed by atoms with van der Waals surface area (Å²) < 4.78 is 1.15. The van der Waals surface area contributed by atoms with Crippen LogP contribution in [0.15, 0.2) is 65.5 Å². The van der Waals surface area contributed by atoms with Gasteiger partial charge >= 0.3 is 0 Å². The van der Waals surface area contributed by atoms with Crippen molar-refractivity contribution in [2.75, 3.05) is 10.6 Å². The molecule has 0 fully saturated rings. The van der Waals surface area contributed by atoms with Crippen LogP contribution in [-0.2, 0) is 0 Å². The third-order valence-corrected chi connectivity index (χ3v) is 5.46. The molecule has 2 heterocycles.